The van der Waals surface area contributed by atoms with Crippen LogP contribution in [-0.4, -0.2) is 11.0 Å². The Hall–Kier alpha value is -1.23. The first kappa shape index (κ1) is 16.1. The molecule has 0 radical (unpaired) electrons. The largest absolute Gasteiger partial charge is 0.370 e. The molecule has 1 aromatic carbocycles. The second kappa shape index (κ2) is 8.27. The molecule has 0 aliphatic heterocycles. The van der Waals surface area contributed by atoms with Gasteiger partial charge in [-0.2, -0.15) is 0 Å². The van der Waals surface area contributed by atoms with E-state index in [0.29, 0.717) is 19.3 Å². The van der Waals surface area contributed by atoms with E-state index >= 15 is 0 Å². The Balaban J connectivity index is 1.82. The number of aromatic nitrogens is 1. The van der Waals surface area contributed by atoms with Crippen LogP contribution in [0.2, 0.25) is 0 Å². The zero-order valence-electron chi connectivity index (χ0n) is 12.5. The number of pyridine rings is 1. The summed E-state index contributed by atoms with van der Waals surface area (Å²) < 4.78 is 6.81. The van der Waals surface area contributed by atoms with Gasteiger partial charge >= 0.3 is 0 Å². The third-order valence-corrected chi connectivity index (χ3v) is 3.52. The molecule has 3 nitrogen and oxygen atoms in total. The Morgan fingerprint density at radius 2 is 1.76 bits per heavy atom. The fraction of sp³-hybridized carbons (Fsp3) is 0.353. The van der Waals surface area contributed by atoms with Crippen molar-refractivity contribution in [3.63, 3.8) is 0 Å². The summed E-state index contributed by atoms with van der Waals surface area (Å²) in [5.41, 5.74) is 3.18. The van der Waals surface area contributed by atoms with E-state index in [1.807, 2.05) is 30.3 Å². The normalized spacial score (nSPS) is 11.0. The van der Waals surface area contributed by atoms with Crippen molar-refractivity contribution >= 4 is 15.9 Å². The Morgan fingerprint density at radius 3 is 2.48 bits per heavy atom. The van der Waals surface area contributed by atoms with E-state index < -0.39 is 0 Å². The topological polar surface area (TPSA) is 34.1 Å². The molecule has 1 aromatic heterocycles. The lowest BCUT2D eigenvalue weighted by atomic mass is 10.2. The highest BCUT2D eigenvalue weighted by Crippen LogP contribution is 2.12. The molecule has 1 N–H and O–H groups in total. The molecule has 0 amide bonds. The Bertz CT molecular complexity index is 555. The third kappa shape index (κ3) is 5.96. The standard InChI is InChI=1S/C17H21BrN2O/c1-13(2)19-10-16-4-3-5-17(20-16)12-21-11-14-6-8-15(18)9-7-14/h3-9,13,19H,10-12H2,1-2H3. The molecule has 4 heteroatoms. The van der Waals surface area contributed by atoms with Gasteiger partial charge in [0.15, 0.2) is 0 Å². The van der Waals surface area contributed by atoms with Gasteiger partial charge in [-0.3, -0.25) is 4.98 Å². The highest BCUT2D eigenvalue weighted by Gasteiger charge is 2.00. The van der Waals surface area contributed by atoms with Crippen LogP contribution < -0.4 is 5.32 Å². The molecule has 0 bridgehead atoms. The molecular formula is C17H21BrN2O. The van der Waals surface area contributed by atoms with Crippen LogP contribution in [0.5, 0.6) is 0 Å². The average molecular weight is 349 g/mol. The van der Waals surface area contributed by atoms with E-state index in [1.165, 1.54) is 0 Å². The summed E-state index contributed by atoms with van der Waals surface area (Å²) in [5.74, 6) is 0. The molecule has 21 heavy (non-hydrogen) atoms. The highest BCUT2D eigenvalue weighted by atomic mass is 79.9. The molecule has 0 atom stereocenters. The number of ether oxygens (including phenoxy) is 1. The van der Waals surface area contributed by atoms with Gasteiger partial charge in [-0.1, -0.05) is 48.0 Å². The van der Waals surface area contributed by atoms with Gasteiger partial charge in [0.25, 0.3) is 0 Å². The summed E-state index contributed by atoms with van der Waals surface area (Å²) in [6, 6.07) is 14.7. The monoisotopic (exact) mass is 348 g/mol. The van der Waals surface area contributed by atoms with E-state index in [1.54, 1.807) is 0 Å². The fourth-order valence-electron chi connectivity index (χ4n) is 1.87. The number of nitrogens with zero attached hydrogens (tertiary/aromatic N) is 1. The lowest BCUT2D eigenvalue weighted by Gasteiger charge is -2.09. The maximum absolute atomic E-state index is 5.73. The van der Waals surface area contributed by atoms with Crippen molar-refractivity contribution in [3.8, 4) is 0 Å². The van der Waals surface area contributed by atoms with Crippen LogP contribution in [0.1, 0.15) is 30.8 Å². The molecular weight excluding hydrogens is 328 g/mol. The first-order chi connectivity index (χ1) is 10.1. The Labute approximate surface area is 134 Å². The summed E-state index contributed by atoms with van der Waals surface area (Å²) in [6.45, 7) is 6.18. The molecule has 0 fully saturated rings. The lowest BCUT2D eigenvalue weighted by Crippen LogP contribution is -2.22. The van der Waals surface area contributed by atoms with Crippen LogP contribution in [0.15, 0.2) is 46.9 Å². The molecule has 0 unspecified atom stereocenters. The first-order valence-electron chi connectivity index (χ1n) is 7.14. The predicted molar refractivity (Wildman–Crippen MR) is 88.8 cm³/mol. The van der Waals surface area contributed by atoms with Crippen molar-refractivity contribution in [3.05, 3.63) is 63.9 Å². The summed E-state index contributed by atoms with van der Waals surface area (Å²) >= 11 is 3.43. The second-order valence-electron chi connectivity index (χ2n) is 5.28. The minimum Gasteiger partial charge on any atom is -0.370 e. The zero-order chi connectivity index (χ0) is 15.1. The molecule has 1 heterocycles. The van der Waals surface area contributed by atoms with Crippen LogP contribution in [0.25, 0.3) is 0 Å². The van der Waals surface area contributed by atoms with E-state index in [2.05, 4.69) is 52.2 Å². The van der Waals surface area contributed by atoms with Crippen LogP contribution in [-0.2, 0) is 24.5 Å². The number of benzene rings is 1. The number of halogens is 1. The first-order valence-corrected chi connectivity index (χ1v) is 7.93. The van der Waals surface area contributed by atoms with E-state index in [0.717, 1.165) is 28.0 Å². The Morgan fingerprint density at radius 1 is 1.05 bits per heavy atom. The van der Waals surface area contributed by atoms with Crippen molar-refractivity contribution in [1.82, 2.24) is 10.3 Å². The molecule has 112 valence electrons. The lowest BCUT2D eigenvalue weighted by molar-refractivity contribution is 0.104. The molecule has 0 spiro atoms. The summed E-state index contributed by atoms with van der Waals surface area (Å²) in [7, 11) is 0. The van der Waals surface area contributed by atoms with Gasteiger partial charge in [0, 0.05) is 17.1 Å². The third-order valence-electron chi connectivity index (χ3n) is 2.99. The average Bonchev–Trinajstić information content (AvgIpc) is 2.48. The quantitative estimate of drug-likeness (QED) is 0.819. The molecule has 0 aliphatic rings. The summed E-state index contributed by atoms with van der Waals surface area (Å²) in [6.07, 6.45) is 0. The minimum absolute atomic E-state index is 0.462. The molecule has 2 rings (SSSR count). The molecule has 2 aromatic rings. The summed E-state index contributed by atoms with van der Waals surface area (Å²) in [4.78, 5) is 4.60. The van der Waals surface area contributed by atoms with Gasteiger partial charge in [-0.15, -0.1) is 0 Å². The van der Waals surface area contributed by atoms with Crippen LogP contribution in [0.3, 0.4) is 0 Å². The fourth-order valence-corrected chi connectivity index (χ4v) is 2.14. The van der Waals surface area contributed by atoms with Crippen LogP contribution >= 0.6 is 15.9 Å². The molecule has 0 aliphatic carbocycles. The number of rotatable bonds is 7. The maximum atomic E-state index is 5.73. The highest BCUT2D eigenvalue weighted by molar-refractivity contribution is 9.10. The zero-order valence-corrected chi connectivity index (χ0v) is 14.1. The number of hydrogen-bond acceptors (Lipinski definition) is 3. The number of hydrogen-bond donors (Lipinski definition) is 1. The Kier molecular flexibility index (Phi) is 6.36. The van der Waals surface area contributed by atoms with E-state index in [4.69, 9.17) is 4.74 Å². The smallest absolute Gasteiger partial charge is 0.0892 e. The molecule has 0 saturated carbocycles. The van der Waals surface area contributed by atoms with Crippen molar-refractivity contribution in [2.24, 2.45) is 0 Å². The van der Waals surface area contributed by atoms with Crippen molar-refractivity contribution in [1.29, 1.82) is 0 Å². The van der Waals surface area contributed by atoms with Gasteiger partial charge in [-0.25, -0.2) is 0 Å². The van der Waals surface area contributed by atoms with E-state index in [-0.39, 0.29) is 0 Å². The second-order valence-corrected chi connectivity index (χ2v) is 6.19. The van der Waals surface area contributed by atoms with Gasteiger partial charge in [-0.05, 0) is 29.8 Å². The maximum Gasteiger partial charge on any atom is 0.0892 e. The molecule has 0 saturated heterocycles. The summed E-state index contributed by atoms with van der Waals surface area (Å²) in [5, 5.41) is 3.37. The van der Waals surface area contributed by atoms with Gasteiger partial charge in [0.1, 0.15) is 0 Å². The SMILES string of the molecule is CC(C)NCc1cccc(COCc2ccc(Br)cc2)n1. The van der Waals surface area contributed by atoms with Crippen LogP contribution in [0, 0.1) is 0 Å². The minimum atomic E-state index is 0.462. The van der Waals surface area contributed by atoms with Crippen LogP contribution in [0.4, 0.5) is 0 Å². The van der Waals surface area contributed by atoms with Crippen molar-refractivity contribution < 1.29 is 4.74 Å². The van der Waals surface area contributed by atoms with Gasteiger partial charge < -0.3 is 10.1 Å². The van der Waals surface area contributed by atoms with Gasteiger partial charge in [0.05, 0.1) is 24.6 Å². The predicted octanol–water partition coefficient (Wildman–Crippen LogP) is 4.06. The van der Waals surface area contributed by atoms with Crippen molar-refractivity contribution in [2.45, 2.75) is 39.6 Å². The number of nitrogens with one attached hydrogen (secondary N) is 1. The van der Waals surface area contributed by atoms with Gasteiger partial charge in [0.2, 0.25) is 0 Å². The van der Waals surface area contributed by atoms with Crippen molar-refractivity contribution in [2.75, 3.05) is 0 Å². The van der Waals surface area contributed by atoms with E-state index in [9.17, 15) is 0 Å².